The van der Waals surface area contributed by atoms with E-state index >= 15 is 0 Å². The summed E-state index contributed by atoms with van der Waals surface area (Å²) < 4.78 is 5.55. The zero-order valence-corrected chi connectivity index (χ0v) is 10.8. The molecule has 1 aliphatic heterocycles. The van der Waals surface area contributed by atoms with E-state index in [1.54, 1.807) is 31.2 Å². The number of hydrogen-bond donors (Lipinski definition) is 2. The van der Waals surface area contributed by atoms with Crippen molar-refractivity contribution in [1.82, 2.24) is 0 Å². The fourth-order valence-electron chi connectivity index (χ4n) is 2.10. The van der Waals surface area contributed by atoms with Gasteiger partial charge in [0.05, 0.1) is 5.56 Å². The average molecular weight is 268 g/mol. The lowest BCUT2D eigenvalue weighted by atomic mass is 10.1. The van der Waals surface area contributed by atoms with E-state index in [2.05, 4.69) is 0 Å². The molecule has 0 fully saturated rings. The van der Waals surface area contributed by atoms with E-state index in [9.17, 15) is 15.0 Å². The first-order chi connectivity index (χ1) is 9.56. The lowest BCUT2D eigenvalue weighted by molar-refractivity contribution is 0.101. The lowest BCUT2D eigenvalue weighted by Gasteiger charge is -2.03. The van der Waals surface area contributed by atoms with Gasteiger partial charge in [-0.3, -0.25) is 4.79 Å². The number of aromatic hydroxyl groups is 2. The van der Waals surface area contributed by atoms with Crippen LogP contribution in [0.15, 0.2) is 42.2 Å². The maximum Gasteiger partial charge on any atom is 0.231 e. The van der Waals surface area contributed by atoms with E-state index in [0.717, 1.165) is 5.56 Å². The molecule has 2 aromatic rings. The molecule has 0 saturated heterocycles. The van der Waals surface area contributed by atoms with Crippen LogP contribution in [0, 0.1) is 6.92 Å². The highest BCUT2D eigenvalue weighted by Gasteiger charge is 2.29. The molecule has 0 amide bonds. The van der Waals surface area contributed by atoms with Gasteiger partial charge in [0.15, 0.2) is 5.76 Å². The Hall–Kier alpha value is -2.75. The van der Waals surface area contributed by atoms with Gasteiger partial charge in [0.2, 0.25) is 5.78 Å². The predicted molar refractivity (Wildman–Crippen MR) is 73.9 cm³/mol. The minimum atomic E-state index is -0.212. The summed E-state index contributed by atoms with van der Waals surface area (Å²) in [7, 11) is 0. The summed E-state index contributed by atoms with van der Waals surface area (Å²) in [6.07, 6.45) is 1.61. The number of allylic oxidation sites excluding steroid dienone is 1. The molecular weight excluding hydrogens is 256 g/mol. The van der Waals surface area contributed by atoms with Crippen LogP contribution in [0.4, 0.5) is 0 Å². The molecule has 2 N–H and O–H groups in total. The first-order valence-corrected chi connectivity index (χ1v) is 6.12. The van der Waals surface area contributed by atoms with Crippen LogP contribution in [0.1, 0.15) is 21.5 Å². The number of carbonyl (C=O) groups is 1. The van der Waals surface area contributed by atoms with Gasteiger partial charge in [-0.05, 0) is 42.8 Å². The molecular formula is C16H12O4. The van der Waals surface area contributed by atoms with Gasteiger partial charge in [-0.15, -0.1) is 0 Å². The highest BCUT2D eigenvalue weighted by molar-refractivity contribution is 6.14. The van der Waals surface area contributed by atoms with E-state index in [1.165, 1.54) is 18.2 Å². The molecule has 0 bridgehead atoms. The van der Waals surface area contributed by atoms with Crippen LogP contribution in [-0.2, 0) is 0 Å². The van der Waals surface area contributed by atoms with Crippen molar-refractivity contribution in [2.24, 2.45) is 0 Å². The third kappa shape index (κ3) is 1.91. The SMILES string of the molecule is Cc1c(O)ccc2c1OC(=Cc1ccc(O)cc1)C2=O. The lowest BCUT2D eigenvalue weighted by Crippen LogP contribution is -1.97. The molecule has 0 aliphatic carbocycles. The quantitative estimate of drug-likeness (QED) is 0.780. The van der Waals surface area contributed by atoms with Crippen molar-refractivity contribution < 1.29 is 19.7 Å². The Morgan fingerprint density at radius 2 is 1.75 bits per heavy atom. The smallest absolute Gasteiger partial charge is 0.231 e. The molecule has 0 aromatic heterocycles. The Kier molecular flexibility index (Phi) is 2.71. The highest BCUT2D eigenvalue weighted by atomic mass is 16.5. The molecule has 0 unspecified atom stereocenters. The molecule has 20 heavy (non-hydrogen) atoms. The van der Waals surface area contributed by atoms with Crippen LogP contribution in [0.5, 0.6) is 17.2 Å². The van der Waals surface area contributed by atoms with Crippen molar-refractivity contribution in [2.45, 2.75) is 6.92 Å². The number of ether oxygens (including phenoxy) is 1. The second kappa shape index (κ2) is 4.42. The second-order valence-electron chi connectivity index (χ2n) is 4.62. The van der Waals surface area contributed by atoms with Gasteiger partial charge in [-0.2, -0.15) is 0 Å². The van der Waals surface area contributed by atoms with E-state index < -0.39 is 0 Å². The highest BCUT2D eigenvalue weighted by Crippen LogP contribution is 2.38. The topological polar surface area (TPSA) is 66.8 Å². The summed E-state index contributed by atoms with van der Waals surface area (Å²) in [5, 5.41) is 18.9. The number of Topliss-reactive ketones (excluding diaryl/α,β-unsaturated/α-hetero) is 1. The largest absolute Gasteiger partial charge is 0.508 e. The summed E-state index contributed by atoms with van der Waals surface area (Å²) >= 11 is 0. The van der Waals surface area contributed by atoms with Gasteiger partial charge >= 0.3 is 0 Å². The number of hydrogen-bond acceptors (Lipinski definition) is 4. The van der Waals surface area contributed by atoms with E-state index in [1.807, 2.05) is 0 Å². The Labute approximate surface area is 115 Å². The fraction of sp³-hybridized carbons (Fsp3) is 0.0625. The molecule has 0 saturated carbocycles. The Morgan fingerprint density at radius 1 is 1.05 bits per heavy atom. The molecule has 0 radical (unpaired) electrons. The van der Waals surface area contributed by atoms with Crippen molar-refractivity contribution in [2.75, 3.05) is 0 Å². The number of rotatable bonds is 1. The zero-order chi connectivity index (χ0) is 14.3. The molecule has 2 aromatic carbocycles. The van der Waals surface area contributed by atoms with Crippen molar-refractivity contribution >= 4 is 11.9 Å². The summed E-state index contributed by atoms with van der Waals surface area (Å²) in [5.41, 5.74) is 1.75. The molecule has 1 heterocycles. The zero-order valence-electron chi connectivity index (χ0n) is 10.8. The molecule has 3 rings (SSSR count). The first-order valence-electron chi connectivity index (χ1n) is 6.12. The second-order valence-corrected chi connectivity index (χ2v) is 4.62. The number of ketones is 1. The Balaban J connectivity index is 2.01. The minimum absolute atomic E-state index is 0.0995. The summed E-state index contributed by atoms with van der Waals surface area (Å²) in [4.78, 5) is 12.2. The molecule has 4 heteroatoms. The van der Waals surface area contributed by atoms with Crippen molar-refractivity contribution in [3.05, 3.63) is 58.8 Å². The van der Waals surface area contributed by atoms with E-state index in [0.29, 0.717) is 16.9 Å². The average Bonchev–Trinajstić information content (AvgIpc) is 2.75. The normalized spacial score (nSPS) is 15.2. The Morgan fingerprint density at radius 3 is 2.45 bits per heavy atom. The molecule has 1 aliphatic rings. The summed E-state index contributed by atoms with van der Waals surface area (Å²) in [6, 6.07) is 9.49. The van der Waals surface area contributed by atoms with Gasteiger partial charge < -0.3 is 14.9 Å². The predicted octanol–water partition coefficient (Wildman–Crippen LogP) is 3.02. The number of phenols is 2. The van der Waals surface area contributed by atoms with Gasteiger partial charge in [0.25, 0.3) is 0 Å². The third-order valence-electron chi connectivity index (χ3n) is 3.25. The maximum atomic E-state index is 12.2. The molecule has 4 nitrogen and oxygen atoms in total. The van der Waals surface area contributed by atoms with Gasteiger partial charge in [0.1, 0.15) is 17.2 Å². The maximum absolute atomic E-state index is 12.2. The first kappa shape index (κ1) is 12.3. The molecule has 0 atom stereocenters. The third-order valence-corrected chi connectivity index (χ3v) is 3.25. The molecule has 0 spiro atoms. The van der Waals surface area contributed by atoms with Crippen LogP contribution in [-0.4, -0.2) is 16.0 Å². The number of phenolic OH excluding ortho intramolecular Hbond substituents is 2. The van der Waals surface area contributed by atoms with E-state index in [-0.39, 0.29) is 23.0 Å². The fourth-order valence-corrected chi connectivity index (χ4v) is 2.10. The van der Waals surface area contributed by atoms with Crippen LogP contribution >= 0.6 is 0 Å². The van der Waals surface area contributed by atoms with E-state index in [4.69, 9.17) is 4.74 Å². The van der Waals surface area contributed by atoms with Crippen molar-refractivity contribution in [3.63, 3.8) is 0 Å². The summed E-state index contributed by atoms with van der Waals surface area (Å²) in [6.45, 7) is 1.70. The molecule has 100 valence electrons. The van der Waals surface area contributed by atoms with Crippen molar-refractivity contribution in [3.8, 4) is 17.2 Å². The van der Waals surface area contributed by atoms with Crippen LogP contribution in [0.3, 0.4) is 0 Å². The number of carbonyl (C=O) groups excluding carboxylic acids is 1. The van der Waals surface area contributed by atoms with Crippen LogP contribution in [0.25, 0.3) is 6.08 Å². The standard InChI is InChI=1S/C16H12O4/c1-9-13(18)7-6-12-15(19)14(20-16(9)12)8-10-2-4-11(17)5-3-10/h2-8,17-18H,1H3. The Bertz CT molecular complexity index is 727. The van der Waals surface area contributed by atoms with Gasteiger partial charge in [0, 0.05) is 5.56 Å². The number of benzene rings is 2. The van der Waals surface area contributed by atoms with Crippen LogP contribution in [0.2, 0.25) is 0 Å². The monoisotopic (exact) mass is 268 g/mol. The minimum Gasteiger partial charge on any atom is -0.508 e. The number of fused-ring (bicyclic) bond motifs is 1. The van der Waals surface area contributed by atoms with Gasteiger partial charge in [-0.25, -0.2) is 0 Å². The van der Waals surface area contributed by atoms with Crippen molar-refractivity contribution in [1.29, 1.82) is 0 Å². The van der Waals surface area contributed by atoms with Crippen LogP contribution < -0.4 is 4.74 Å². The van der Waals surface area contributed by atoms with Gasteiger partial charge in [-0.1, -0.05) is 12.1 Å². The summed E-state index contributed by atoms with van der Waals surface area (Å²) in [5.74, 6) is 0.660.